The fraction of sp³-hybridized carbons (Fsp3) is 0.308. The van der Waals surface area contributed by atoms with Gasteiger partial charge in [0.2, 0.25) is 0 Å². The van der Waals surface area contributed by atoms with Crippen molar-refractivity contribution >= 4 is 11.4 Å². The molecule has 0 aliphatic rings. The zero-order chi connectivity index (χ0) is 11.3. The SMILES string of the molecule is C=C(CCC(C)=O)c1cccc(OC)c1. The second-order valence-corrected chi connectivity index (χ2v) is 3.54. The fourth-order valence-corrected chi connectivity index (χ4v) is 1.31. The summed E-state index contributed by atoms with van der Waals surface area (Å²) in [7, 11) is 1.64. The maximum Gasteiger partial charge on any atom is 0.130 e. The van der Waals surface area contributed by atoms with Gasteiger partial charge in [0.05, 0.1) is 7.11 Å². The number of carbonyl (C=O) groups is 1. The highest BCUT2D eigenvalue weighted by atomic mass is 16.5. The van der Waals surface area contributed by atoms with Crippen LogP contribution in [0.5, 0.6) is 5.75 Å². The zero-order valence-electron chi connectivity index (χ0n) is 9.25. The van der Waals surface area contributed by atoms with E-state index in [-0.39, 0.29) is 5.78 Å². The topological polar surface area (TPSA) is 26.3 Å². The van der Waals surface area contributed by atoms with Crippen LogP contribution in [-0.2, 0) is 4.79 Å². The lowest BCUT2D eigenvalue weighted by Crippen LogP contribution is -1.92. The molecule has 0 amide bonds. The number of methoxy groups -OCH3 is 1. The molecular formula is C13H16O2. The molecule has 0 aliphatic carbocycles. The van der Waals surface area contributed by atoms with Crippen LogP contribution in [0, 0.1) is 0 Å². The Labute approximate surface area is 90.6 Å². The average molecular weight is 204 g/mol. The summed E-state index contributed by atoms with van der Waals surface area (Å²) >= 11 is 0. The van der Waals surface area contributed by atoms with E-state index in [1.807, 2.05) is 24.3 Å². The third-order valence-electron chi connectivity index (χ3n) is 2.26. The summed E-state index contributed by atoms with van der Waals surface area (Å²) in [4.78, 5) is 10.8. The minimum absolute atomic E-state index is 0.194. The molecule has 0 aliphatic heterocycles. The van der Waals surface area contributed by atoms with E-state index in [0.717, 1.165) is 16.9 Å². The molecule has 0 fully saturated rings. The number of ether oxygens (including phenoxy) is 1. The van der Waals surface area contributed by atoms with Crippen LogP contribution in [0.15, 0.2) is 30.8 Å². The number of carbonyl (C=O) groups excluding carboxylic acids is 1. The fourth-order valence-electron chi connectivity index (χ4n) is 1.31. The van der Waals surface area contributed by atoms with E-state index in [1.54, 1.807) is 14.0 Å². The highest BCUT2D eigenvalue weighted by molar-refractivity contribution is 5.78. The van der Waals surface area contributed by atoms with Crippen LogP contribution in [-0.4, -0.2) is 12.9 Å². The average Bonchev–Trinajstić information content (AvgIpc) is 2.26. The molecule has 0 bridgehead atoms. The highest BCUT2D eigenvalue weighted by Gasteiger charge is 2.02. The molecule has 0 aromatic heterocycles. The molecule has 2 nitrogen and oxygen atoms in total. The van der Waals surface area contributed by atoms with Gasteiger partial charge in [-0.05, 0) is 36.6 Å². The molecule has 15 heavy (non-hydrogen) atoms. The number of benzene rings is 1. The van der Waals surface area contributed by atoms with Gasteiger partial charge < -0.3 is 9.53 Å². The van der Waals surface area contributed by atoms with Crippen LogP contribution in [0.1, 0.15) is 25.3 Å². The largest absolute Gasteiger partial charge is 0.497 e. The third kappa shape index (κ3) is 3.58. The van der Waals surface area contributed by atoms with Gasteiger partial charge in [0.1, 0.15) is 11.5 Å². The van der Waals surface area contributed by atoms with Crippen molar-refractivity contribution in [1.29, 1.82) is 0 Å². The van der Waals surface area contributed by atoms with E-state index in [2.05, 4.69) is 6.58 Å². The van der Waals surface area contributed by atoms with Crippen LogP contribution in [0.25, 0.3) is 5.57 Å². The lowest BCUT2D eigenvalue weighted by molar-refractivity contribution is -0.116. The smallest absolute Gasteiger partial charge is 0.130 e. The molecule has 1 rings (SSSR count). The number of hydrogen-bond donors (Lipinski definition) is 0. The summed E-state index contributed by atoms with van der Waals surface area (Å²) in [6.07, 6.45) is 1.26. The maximum absolute atomic E-state index is 10.8. The third-order valence-corrected chi connectivity index (χ3v) is 2.26. The Balaban J connectivity index is 2.69. The van der Waals surface area contributed by atoms with E-state index in [9.17, 15) is 4.79 Å². The van der Waals surface area contributed by atoms with Crippen molar-refractivity contribution in [3.63, 3.8) is 0 Å². The normalized spacial score (nSPS) is 9.73. The van der Waals surface area contributed by atoms with Crippen LogP contribution in [0.2, 0.25) is 0 Å². The van der Waals surface area contributed by atoms with E-state index >= 15 is 0 Å². The van der Waals surface area contributed by atoms with E-state index in [1.165, 1.54) is 0 Å². The van der Waals surface area contributed by atoms with Gasteiger partial charge in [0, 0.05) is 6.42 Å². The maximum atomic E-state index is 10.8. The van der Waals surface area contributed by atoms with Crippen LogP contribution in [0.3, 0.4) is 0 Å². The van der Waals surface area contributed by atoms with Crippen molar-refractivity contribution < 1.29 is 9.53 Å². The lowest BCUT2D eigenvalue weighted by Gasteiger charge is -2.06. The second-order valence-electron chi connectivity index (χ2n) is 3.54. The quantitative estimate of drug-likeness (QED) is 0.736. The van der Waals surface area contributed by atoms with Gasteiger partial charge in [-0.15, -0.1) is 0 Å². The van der Waals surface area contributed by atoms with Gasteiger partial charge >= 0.3 is 0 Å². The molecule has 0 unspecified atom stereocenters. The van der Waals surface area contributed by atoms with Gasteiger partial charge in [0.15, 0.2) is 0 Å². The molecule has 1 aromatic carbocycles. The number of hydrogen-bond acceptors (Lipinski definition) is 2. The Hall–Kier alpha value is -1.57. The second kappa shape index (κ2) is 5.35. The van der Waals surface area contributed by atoms with Crippen molar-refractivity contribution in [3.8, 4) is 5.75 Å². The predicted molar refractivity (Wildman–Crippen MR) is 61.9 cm³/mol. The first-order chi connectivity index (χ1) is 7.13. The predicted octanol–water partition coefficient (Wildman–Crippen LogP) is 3.08. The van der Waals surface area contributed by atoms with E-state index in [4.69, 9.17) is 4.74 Å². The molecule has 1 aromatic rings. The van der Waals surface area contributed by atoms with Crippen LogP contribution in [0.4, 0.5) is 0 Å². The minimum Gasteiger partial charge on any atom is -0.497 e. The standard InChI is InChI=1S/C13H16O2/c1-10(7-8-11(2)14)12-5-4-6-13(9-12)15-3/h4-6,9H,1,7-8H2,2-3H3. The summed E-state index contributed by atoms with van der Waals surface area (Å²) in [5.74, 6) is 1.01. The number of Topliss-reactive ketones (excluding diaryl/α,β-unsaturated/α-hetero) is 1. The Bertz CT molecular complexity index is 367. The summed E-state index contributed by atoms with van der Waals surface area (Å²) < 4.78 is 5.12. The van der Waals surface area contributed by atoms with Crippen molar-refractivity contribution in [2.24, 2.45) is 0 Å². The number of rotatable bonds is 5. The molecule has 80 valence electrons. The number of ketones is 1. The Morgan fingerprint density at radius 2 is 2.13 bits per heavy atom. The Morgan fingerprint density at radius 1 is 1.40 bits per heavy atom. The summed E-state index contributed by atoms with van der Waals surface area (Å²) in [6.45, 7) is 5.56. The van der Waals surface area contributed by atoms with E-state index in [0.29, 0.717) is 12.8 Å². The number of allylic oxidation sites excluding steroid dienone is 1. The molecule has 2 heteroatoms. The molecule has 0 radical (unpaired) electrons. The van der Waals surface area contributed by atoms with Crippen molar-refractivity contribution in [2.75, 3.05) is 7.11 Å². The first-order valence-corrected chi connectivity index (χ1v) is 4.95. The van der Waals surface area contributed by atoms with E-state index < -0.39 is 0 Å². The van der Waals surface area contributed by atoms with Gasteiger partial charge in [-0.2, -0.15) is 0 Å². The molecule has 0 saturated carbocycles. The molecule has 0 saturated heterocycles. The molecule has 0 spiro atoms. The molecule has 0 atom stereocenters. The van der Waals surface area contributed by atoms with Crippen molar-refractivity contribution in [2.45, 2.75) is 19.8 Å². The first-order valence-electron chi connectivity index (χ1n) is 4.95. The zero-order valence-corrected chi connectivity index (χ0v) is 9.25. The minimum atomic E-state index is 0.194. The van der Waals surface area contributed by atoms with Gasteiger partial charge in [0.25, 0.3) is 0 Å². The van der Waals surface area contributed by atoms with Crippen LogP contribution < -0.4 is 4.74 Å². The summed E-state index contributed by atoms with van der Waals surface area (Å²) in [6, 6.07) is 7.72. The summed E-state index contributed by atoms with van der Waals surface area (Å²) in [5, 5.41) is 0. The summed E-state index contributed by atoms with van der Waals surface area (Å²) in [5.41, 5.74) is 2.01. The highest BCUT2D eigenvalue weighted by Crippen LogP contribution is 2.22. The Morgan fingerprint density at radius 3 is 2.73 bits per heavy atom. The monoisotopic (exact) mass is 204 g/mol. The molecule has 0 heterocycles. The van der Waals surface area contributed by atoms with Gasteiger partial charge in [-0.3, -0.25) is 0 Å². The van der Waals surface area contributed by atoms with Crippen molar-refractivity contribution in [3.05, 3.63) is 36.4 Å². The van der Waals surface area contributed by atoms with Crippen LogP contribution >= 0.6 is 0 Å². The van der Waals surface area contributed by atoms with Crippen molar-refractivity contribution in [1.82, 2.24) is 0 Å². The molecular weight excluding hydrogens is 188 g/mol. The van der Waals surface area contributed by atoms with Gasteiger partial charge in [-0.25, -0.2) is 0 Å². The Kier molecular flexibility index (Phi) is 4.10. The first kappa shape index (κ1) is 11.5. The molecule has 0 N–H and O–H groups in total. The van der Waals surface area contributed by atoms with Gasteiger partial charge in [-0.1, -0.05) is 18.7 Å². The lowest BCUT2D eigenvalue weighted by atomic mass is 10.0.